The van der Waals surface area contributed by atoms with E-state index in [0.717, 1.165) is 56.5 Å². The van der Waals surface area contributed by atoms with Gasteiger partial charge in [-0.25, -0.2) is 8.42 Å². The summed E-state index contributed by atoms with van der Waals surface area (Å²) in [6, 6.07) is 7.09. The number of sulfone groups is 1. The topological polar surface area (TPSA) is 57.7 Å². The summed E-state index contributed by atoms with van der Waals surface area (Å²) in [4.78, 5) is 17.6. The second-order valence-corrected chi connectivity index (χ2v) is 10.2. The number of anilines is 1. The van der Waals surface area contributed by atoms with E-state index in [1.54, 1.807) is 12.1 Å². The van der Waals surface area contributed by atoms with Crippen LogP contribution in [-0.4, -0.2) is 51.7 Å². The Kier molecular flexibility index (Phi) is 4.71. The fraction of sp³-hybridized carbons (Fsp3) is 0.650. The molecule has 2 aliphatic heterocycles. The van der Waals surface area contributed by atoms with E-state index < -0.39 is 9.84 Å². The van der Waals surface area contributed by atoms with Crippen LogP contribution in [0.25, 0.3) is 0 Å². The predicted octanol–water partition coefficient (Wildman–Crippen LogP) is 2.57. The van der Waals surface area contributed by atoms with E-state index in [9.17, 15) is 13.2 Å². The molecule has 0 spiro atoms. The summed E-state index contributed by atoms with van der Waals surface area (Å²) in [5.74, 6) is 2.03. The molecule has 4 rings (SSSR count). The van der Waals surface area contributed by atoms with Crippen LogP contribution < -0.4 is 4.90 Å². The Morgan fingerprint density at radius 1 is 0.962 bits per heavy atom. The van der Waals surface area contributed by atoms with Crippen molar-refractivity contribution >= 4 is 21.4 Å². The zero-order valence-electron chi connectivity index (χ0n) is 15.4. The van der Waals surface area contributed by atoms with Crippen molar-refractivity contribution < 1.29 is 13.2 Å². The first-order chi connectivity index (χ1) is 12.4. The lowest BCUT2D eigenvalue weighted by molar-refractivity contribution is -0.135. The highest BCUT2D eigenvalue weighted by Crippen LogP contribution is 2.38. The maximum absolute atomic E-state index is 12.9. The molecule has 3 fully saturated rings. The standard InChI is InChI=1S/C20H28N2O3S/c1-26(24,25)19-7-5-18(6-8-19)21-11-9-15(10-12-21)20(23)22-13-16-3-2-4-17(16)14-22/h5-8,15-17H,2-4,9-14H2,1H3. The number of hydrogen-bond donors (Lipinski definition) is 0. The Balaban J connectivity index is 1.33. The smallest absolute Gasteiger partial charge is 0.225 e. The quantitative estimate of drug-likeness (QED) is 0.814. The van der Waals surface area contributed by atoms with Gasteiger partial charge in [0.2, 0.25) is 5.91 Å². The van der Waals surface area contributed by atoms with E-state index in [4.69, 9.17) is 0 Å². The average molecular weight is 377 g/mol. The maximum atomic E-state index is 12.9. The fourth-order valence-corrected chi connectivity index (χ4v) is 5.59. The molecule has 5 nitrogen and oxygen atoms in total. The maximum Gasteiger partial charge on any atom is 0.225 e. The monoisotopic (exact) mass is 376 g/mol. The minimum atomic E-state index is -3.16. The van der Waals surface area contributed by atoms with Crippen LogP contribution in [0.3, 0.4) is 0 Å². The van der Waals surface area contributed by atoms with Gasteiger partial charge in [0.15, 0.2) is 9.84 Å². The van der Waals surface area contributed by atoms with Gasteiger partial charge in [-0.1, -0.05) is 6.42 Å². The summed E-state index contributed by atoms with van der Waals surface area (Å²) in [5, 5.41) is 0. The van der Waals surface area contributed by atoms with Crippen LogP contribution in [-0.2, 0) is 14.6 Å². The number of carbonyl (C=O) groups is 1. The van der Waals surface area contributed by atoms with Crippen molar-refractivity contribution in [3.63, 3.8) is 0 Å². The number of benzene rings is 1. The summed E-state index contributed by atoms with van der Waals surface area (Å²) in [7, 11) is -3.16. The first-order valence-electron chi connectivity index (χ1n) is 9.75. The number of hydrogen-bond acceptors (Lipinski definition) is 4. The summed E-state index contributed by atoms with van der Waals surface area (Å²) < 4.78 is 23.2. The van der Waals surface area contributed by atoms with Crippen molar-refractivity contribution in [2.24, 2.45) is 17.8 Å². The Morgan fingerprint density at radius 3 is 2.08 bits per heavy atom. The highest BCUT2D eigenvalue weighted by atomic mass is 32.2. The highest BCUT2D eigenvalue weighted by Gasteiger charge is 2.40. The minimum Gasteiger partial charge on any atom is -0.371 e. The summed E-state index contributed by atoms with van der Waals surface area (Å²) in [6.07, 6.45) is 6.95. The molecule has 2 saturated heterocycles. The number of carbonyl (C=O) groups excluding carboxylic acids is 1. The second kappa shape index (κ2) is 6.87. The Bertz CT molecular complexity index is 755. The lowest BCUT2D eigenvalue weighted by Crippen LogP contribution is -2.42. The molecular weight excluding hydrogens is 348 g/mol. The third kappa shape index (κ3) is 3.48. The van der Waals surface area contributed by atoms with Gasteiger partial charge in [0.1, 0.15) is 0 Å². The zero-order valence-corrected chi connectivity index (χ0v) is 16.2. The third-order valence-electron chi connectivity index (χ3n) is 6.51. The van der Waals surface area contributed by atoms with Crippen LogP contribution in [0.15, 0.2) is 29.2 Å². The van der Waals surface area contributed by atoms with Crippen molar-refractivity contribution in [3.05, 3.63) is 24.3 Å². The van der Waals surface area contributed by atoms with Gasteiger partial charge in [-0.2, -0.15) is 0 Å². The lowest BCUT2D eigenvalue weighted by atomic mass is 9.95. The lowest BCUT2D eigenvalue weighted by Gasteiger charge is -2.34. The Hall–Kier alpha value is -1.56. The van der Waals surface area contributed by atoms with Gasteiger partial charge in [0, 0.05) is 44.0 Å². The summed E-state index contributed by atoms with van der Waals surface area (Å²) >= 11 is 0. The number of fused-ring (bicyclic) bond motifs is 1. The predicted molar refractivity (Wildman–Crippen MR) is 102 cm³/mol. The van der Waals surface area contributed by atoms with E-state index in [1.165, 1.54) is 25.5 Å². The van der Waals surface area contributed by atoms with Crippen molar-refractivity contribution in [1.29, 1.82) is 0 Å². The van der Waals surface area contributed by atoms with Gasteiger partial charge in [-0.15, -0.1) is 0 Å². The molecule has 1 saturated carbocycles. The number of rotatable bonds is 3. The van der Waals surface area contributed by atoms with E-state index in [-0.39, 0.29) is 5.92 Å². The first-order valence-corrected chi connectivity index (χ1v) is 11.6. The van der Waals surface area contributed by atoms with Gasteiger partial charge in [-0.3, -0.25) is 4.79 Å². The van der Waals surface area contributed by atoms with Crippen molar-refractivity contribution in [3.8, 4) is 0 Å². The molecule has 2 heterocycles. The van der Waals surface area contributed by atoms with Gasteiger partial charge in [0.25, 0.3) is 0 Å². The molecule has 142 valence electrons. The van der Waals surface area contributed by atoms with Crippen molar-refractivity contribution in [2.75, 3.05) is 37.3 Å². The van der Waals surface area contributed by atoms with Gasteiger partial charge in [-0.05, 0) is 61.8 Å². The molecular formula is C20H28N2O3S. The number of piperidine rings is 1. The normalized spacial score (nSPS) is 27.0. The number of amides is 1. The molecule has 26 heavy (non-hydrogen) atoms. The molecule has 0 N–H and O–H groups in total. The van der Waals surface area contributed by atoms with Gasteiger partial charge >= 0.3 is 0 Å². The molecule has 0 aromatic heterocycles. The first kappa shape index (κ1) is 17.8. The van der Waals surface area contributed by atoms with E-state index >= 15 is 0 Å². The van der Waals surface area contributed by atoms with Crippen LogP contribution in [0, 0.1) is 17.8 Å². The Labute approximate surface area is 156 Å². The molecule has 3 aliphatic rings. The minimum absolute atomic E-state index is 0.153. The molecule has 2 atom stereocenters. The fourth-order valence-electron chi connectivity index (χ4n) is 4.96. The number of nitrogens with zero attached hydrogens (tertiary/aromatic N) is 2. The van der Waals surface area contributed by atoms with E-state index in [2.05, 4.69) is 9.80 Å². The van der Waals surface area contributed by atoms with E-state index in [0.29, 0.717) is 10.8 Å². The van der Waals surface area contributed by atoms with Crippen molar-refractivity contribution in [2.45, 2.75) is 37.0 Å². The van der Waals surface area contributed by atoms with Crippen LogP contribution >= 0.6 is 0 Å². The summed E-state index contributed by atoms with van der Waals surface area (Å²) in [6.45, 7) is 3.68. The average Bonchev–Trinajstić information content (AvgIpc) is 3.23. The van der Waals surface area contributed by atoms with Crippen LogP contribution in [0.5, 0.6) is 0 Å². The van der Waals surface area contributed by atoms with Gasteiger partial charge in [0.05, 0.1) is 4.90 Å². The molecule has 0 bridgehead atoms. The highest BCUT2D eigenvalue weighted by molar-refractivity contribution is 7.90. The summed E-state index contributed by atoms with van der Waals surface area (Å²) in [5.41, 5.74) is 1.04. The molecule has 1 amide bonds. The van der Waals surface area contributed by atoms with E-state index in [1.807, 2.05) is 12.1 Å². The number of likely N-dealkylation sites (tertiary alicyclic amines) is 1. The second-order valence-electron chi connectivity index (χ2n) is 8.22. The molecule has 1 aromatic rings. The van der Waals surface area contributed by atoms with Crippen LogP contribution in [0.1, 0.15) is 32.1 Å². The molecule has 1 aliphatic carbocycles. The van der Waals surface area contributed by atoms with Crippen molar-refractivity contribution in [1.82, 2.24) is 4.90 Å². The Morgan fingerprint density at radius 2 is 1.54 bits per heavy atom. The largest absolute Gasteiger partial charge is 0.371 e. The van der Waals surface area contributed by atoms with Crippen LogP contribution in [0.4, 0.5) is 5.69 Å². The van der Waals surface area contributed by atoms with Gasteiger partial charge < -0.3 is 9.80 Å². The molecule has 6 heteroatoms. The molecule has 1 aromatic carbocycles. The third-order valence-corrected chi connectivity index (χ3v) is 7.64. The molecule has 2 unspecified atom stereocenters. The zero-order chi connectivity index (χ0) is 18.3. The SMILES string of the molecule is CS(=O)(=O)c1ccc(N2CCC(C(=O)N3CC4CCCC4C3)CC2)cc1. The van der Waals surface area contributed by atoms with Crippen LogP contribution in [0.2, 0.25) is 0 Å². The molecule has 0 radical (unpaired) electrons.